The van der Waals surface area contributed by atoms with E-state index in [0.717, 1.165) is 5.69 Å². The fourth-order valence-electron chi connectivity index (χ4n) is 1.74. The fraction of sp³-hybridized carbons (Fsp3) is 0.417. The maximum absolute atomic E-state index is 11.9. The molecule has 1 heterocycles. The van der Waals surface area contributed by atoms with Gasteiger partial charge in [-0.2, -0.15) is 0 Å². The summed E-state index contributed by atoms with van der Waals surface area (Å²) in [7, 11) is 0. The number of nitrogens with two attached hydrogens (primary N) is 1. The molecule has 0 aromatic heterocycles. The molecule has 0 bridgehead atoms. The van der Waals surface area contributed by atoms with Gasteiger partial charge in [0.1, 0.15) is 0 Å². The van der Waals surface area contributed by atoms with Crippen molar-refractivity contribution in [2.75, 3.05) is 23.7 Å². The third-order valence-corrected chi connectivity index (χ3v) is 3.75. The number of anilines is 1. The van der Waals surface area contributed by atoms with Crippen LogP contribution in [0.3, 0.4) is 0 Å². The summed E-state index contributed by atoms with van der Waals surface area (Å²) in [5.74, 6) is 1.05. The van der Waals surface area contributed by atoms with Gasteiger partial charge in [-0.1, -0.05) is 19.1 Å². The van der Waals surface area contributed by atoms with Gasteiger partial charge in [0.2, 0.25) is 5.91 Å². The Morgan fingerprint density at radius 1 is 1.50 bits per heavy atom. The molecule has 1 aliphatic rings. The molecule has 0 fully saturated rings. The topological polar surface area (TPSA) is 46.3 Å². The van der Waals surface area contributed by atoms with E-state index in [2.05, 4.69) is 13.0 Å². The Morgan fingerprint density at radius 3 is 3.00 bits per heavy atom. The minimum atomic E-state index is 0.184. The van der Waals surface area contributed by atoms with Crippen molar-refractivity contribution in [1.82, 2.24) is 0 Å². The smallest absolute Gasteiger partial charge is 0.237 e. The molecule has 1 aromatic carbocycles. The van der Waals surface area contributed by atoms with Crippen molar-refractivity contribution in [3.63, 3.8) is 0 Å². The van der Waals surface area contributed by atoms with Crippen molar-refractivity contribution < 1.29 is 4.79 Å². The highest BCUT2D eigenvalue weighted by Crippen LogP contribution is 2.35. The minimum absolute atomic E-state index is 0.184. The Hall–Kier alpha value is -1.00. The standard InChI is InChI=1S/C12H16N2OS/c1-9(6-13)7-14-10-4-2-3-5-11(10)16-8-12(14)15/h2-5,9H,6-8,13H2,1H3. The first-order chi connectivity index (χ1) is 7.72. The molecule has 0 saturated carbocycles. The normalized spacial score (nSPS) is 17.1. The first kappa shape index (κ1) is 11.5. The maximum atomic E-state index is 11.9. The molecular formula is C12H16N2OS. The number of rotatable bonds is 3. The van der Waals surface area contributed by atoms with Gasteiger partial charge < -0.3 is 10.6 Å². The van der Waals surface area contributed by atoms with E-state index < -0.39 is 0 Å². The summed E-state index contributed by atoms with van der Waals surface area (Å²) in [6.07, 6.45) is 0. The van der Waals surface area contributed by atoms with Gasteiger partial charge in [0.15, 0.2) is 0 Å². The summed E-state index contributed by atoms with van der Waals surface area (Å²) in [5.41, 5.74) is 6.64. The number of carbonyl (C=O) groups excluding carboxylic acids is 1. The van der Waals surface area contributed by atoms with Crippen LogP contribution < -0.4 is 10.6 Å². The third kappa shape index (κ3) is 2.23. The van der Waals surface area contributed by atoms with Crippen LogP contribution in [0.15, 0.2) is 29.2 Å². The number of nitrogens with zero attached hydrogens (tertiary/aromatic N) is 1. The summed E-state index contributed by atoms with van der Waals surface area (Å²) < 4.78 is 0. The Kier molecular flexibility index (Phi) is 3.51. The number of amides is 1. The minimum Gasteiger partial charge on any atom is -0.330 e. The number of carbonyl (C=O) groups is 1. The predicted molar refractivity (Wildman–Crippen MR) is 67.7 cm³/mol. The summed E-state index contributed by atoms with van der Waals surface area (Å²) in [6.45, 7) is 3.39. The highest BCUT2D eigenvalue weighted by atomic mass is 32.2. The molecular weight excluding hydrogens is 220 g/mol. The van der Waals surface area contributed by atoms with E-state index in [1.807, 2.05) is 23.1 Å². The lowest BCUT2D eigenvalue weighted by Gasteiger charge is -2.30. The molecule has 1 amide bonds. The lowest BCUT2D eigenvalue weighted by atomic mass is 10.1. The number of fused-ring (bicyclic) bond motifs is 1. The summed E-state index contributed by atoms with van der Waals surface area (Å²) >= 11 is 1.61. The maximum Gasteiger partial charge on any atom is 0.237 e. The molecule has 0 saturated heterocycles. The van der Waals surface area contributed by atoms with Crippen LogP contribution in [-0.2, 0) is 4.79 Å². The second-order valence-corrected chi connectivity index (χ2v) is 5.12. The molecule has 1 unspecified atom stereocenters. The van der Waals surface area contributed by atoms with Crippen LogP contribution in [0.1, 0.15) is 6.92 Å². The Bertz CT molecular complexity index is 394. The van der Waals surface area contributed by atoms with Crippen molar-refractivity contribution in [3.8, 4) is 0 Å². The highest BCUT2D eigenvalue weighted by Gasteiger charge is 2.25. The van der Waals surface area contributed by atoms with Crippen molar-refractivity contribution in [2.24, 2.45) is 11.7 Å². The lowest BCUT2D eigenvalue weighted by Crippen LogP contribution is -2.39. The van der Waals surface area contributed by atoms with Gasteiger partial charge in [-0.3, -0.25) is 4.79 Å². The molecule has 4 heteroatoms. The molecule has 2 N–H and O–H groups in total. The number of hydrogen-bond acceptors (Lipinski definition) is 3. The molecule has 3 nitrogen and oxygen atoms in total. The first-order valence-corrected chi connectivity index (χ1v) is 6.43. The molecule has 1 atom stereocenters. The monoisotopic (exact) mass is 236 g/mol. The zero-order valence-corrected chi connectivity index (χ0v) is 10.2. The van der Waals surface area contributed by atoms with Crippen LogP contribution in [0.5, 0.6) is 0 Å². The Balaban J connectivity index is 2.26. The molecule has 16 heavy (non-hydrogen) atoms. The van der Waals surface area contributed by atoms with Crippen molar-refractivity contribution in [2.45, 2.75) is 11.8 Å². The average molecular weight is 236 g/mol. The predicted octanol–water partition coefficient (Wildman–Crippen LogP) is 1.72. The average Bonchev–Trinajstić information content (AvgIpc) is 2.32. The lowest BCUT2D eigenvalue weighted by molar-refractivity contribution is -0.116. The van der Waals surface area contributed by atoms with Crippen molar-refractivity contribution in [1.29, 1.82) is 0 Å². The SMILES string of the molecule is CC(CN)CN1C(=O)CSc2ccccc21. The van der Waals surface area contributed by atoms with E-state index in [-0.39, 0.29) is 5.91 Å². The van der Waals surface area contributed by atoms with E-state index >= 15 is 0 Å². The fourth-order valence-corrected chi connectivity index (χ4v) is 2.68. The second-order valence-electron chi connectivity index (χ2n) is 4.10. The van der Waals surface area contributed by atoms with Crippen molar-refractivity contribution in [3.05, 3.63) is 24.3 Å². The van der Waals surface area contributed by atoms with Crippen molar-refractivity contribution >= 4 is 23.4 Å². The Labute approximate surface area is 100.0 Å². The summed E-state index contributed by atoms with van der Waals surface area (Å²) in [5, 5.41) is 0. The highest BCUT2D eigenvalue weighted by molar-refractivity contribution is 8.00. The van der Waals surface area contributed by atoms with Crippen LogP contribution in [0.25, 0.3) is 0 Å². The van der Waals surface area contributed by atoms with Crippen LogP contribution >= 0.6 is 11.8 Å². The van der Waals surface area contributed by atoms with Crippen LogP contribution in [0.4, 0.5) is 5.69 Å². The van der Waals surface area contributed by atoms with E-state index in [1.165, 1.54) is 4.90 Å². The van der Waals surface area contributed by atoms with Gasteiger partial charge in [-0.15, -0.1) is 11.8 Å². The number of para-hydroxylation sites is 1. The molecule has 0 aliphatic carbocycles. The quantitative estimate of drug-likeness (QED) is 0.869. The first-order valence-electron chi connectivity index (χ1n) is 5.44. The molecule has 0 radical (unpaired) electrons. The molecule has 2 rings (SSSR count). The molecule has 86 valence electrons. The molecule has 1 aromatic rings. The number of hydrogen-bond donors (Lipinski definition) is 1. The zero-order valence-electron chi connectivity index (χ0n) is 9.35. The van der Waals surface area contributed by atoms with E-state index in [0.29, 0.717) is 24.8 Å². The zero-order chi connectivity index (χ0) is 11.5. The number of thioether (sulfide) groups is 1. The van der Waals surface area contributed by atoms with Gasteiger partial charge in [-0.05, 0) is 24.6 Å². The Morgan fingerprint density at radius 2 is 2.25 bits per heavy atom. The third-order valence-electron chi connectivity index (χ3n) is 2.70. The second kappa shape index (κ2) is 4.89. The van der Waals surface area contributed by atoms with Gasteiger partial charge in [0.25, 0.3) is 0 Å². The molecule has 0 spiro atoms. The van der Waals surface area contributed by atoms with Gasteiger partial charge in [0.05, 0.1) is 11.4 Å². The van der Waals surface area contributed by atoms with E-state index in [4.69, 9.17) is 5.73 Å². The summed E-state index contributed by atoms with van der Waals surface area (Å²) in [4.78, 5) is 14.9. The van der Waals surface area contributed by atoms with E-state index in [1.54, 1.807) is 11.8 Å². The van der Waals surface area contributed by atoms with Gasteiger partial charge in [0, 0.05) is 11.4 Å². The van der Waals surface area contributed by atoms with Gasteiger partial charge >= 0.3 is 0 Å². The van der Waals surface area contributed by atoms with E-state index in [9.17, 15) is 4.79 Å². The summed E-state index contributed by atoms with van der Waals surface area (Å²) in [6, 6.07) is 8.04. The van der Waals surface area contributed by atoms with Crippen LogP contribution in [0, 0.1) is 5.92 Å². The molecule has 1 aliphatic heterocycles. The largest absolute Gasteiger partial charge is 0.330 e. The number of benzene rings is 1. The van der Waals surface area contributed by atoms with Crippen LogP contribution in [0.2, 0.25) is 0 Å². The van der Waals surface area contributed by atoms with Crippen LogP contribution in [-0.4, -0.2) is 24.7 Å². The van der Waals surface area contributed by atoms with Gasteiger partial charge in [-0.25, -0.2) is 0 Å².